The maximum absolute atomic E-state index is 9.23. The summed E-state index contributed by atoms with van der Waals surface area (Å²) in [6.45, 7) is 1.21. The molecule has 0 saturated carbocycles. The second-order valence-electron chi connectivity index (χ2n) is 3.03. The lowest BCUT2D eigenvalue weighted by atomic mass is 9.96. The molecule has 1 heterocycles. The molecule has 0 radical (unpaired) electrons. The van der Waals surface area contributed by atoms with Crippen LogP contribution in [0.4, 0.5) is 0 Å². The first-order chi connectivity index (χ1) is 5.57. The Hall–Kier alpha value is -0.200. The van der Waals surface area contributed by atoms with Gasteiger partial charge < -0.3 is 25.2 Å². The number of aliphatic hydroxyl groups excluding tert-OH is 4. The van der Waals surface area contributed by atoms with Gasteiger partial charge in [0.15, 0.2) is 0 Å². The highest BCUT2D eigenvalue weighted by molar-refractivity contribution is 4.89. The first kappa shape index (κ1) is 9.88. The summed E-state index contributed by atoms with van der Waals surface area (Å²) in [5.41, 5.74) is 0. The molecule has 0 aromatic rings. The maximum Gasteiger partial charge on any atom is 0.111 e. The van der Waals surface area contributed by atoms with Gasteiger partial charge in [0.25, 0.3) is 0 Å². The van der Waals surface area contributed by atoms with E-state index in [1.165, 1.54) is 0 Å². The van der Waals surface area contributed by atoms with Gasteiger partial charge in [-0.05, 0) is 6.92 Å². The Labute approximate surface area is 70.2 Å². The summed E-state index contributed by atoms with van der Waals surface area (Å²) in [5, 5.41) is 36.4. The van der Waals surface area contributed by atoms with Gasteiger partial charge in [-0.2, -0.15) is 0 Å². The topological polar surface area (TPSA) is 90.2 Å². The van der Waals surface area contributed by atoms with E-state index < -0.39 is 30.5 Å². The zero-order chi connectivity index (χ0) is 9.30. The van der Waals surface area contributed by atoms with Crippen molar-refractivity contribution in [3.63, 3.8) is 0 Å². The summed E-state index contributed by atoms with van der Waals surface area (Å²) < 4.78 is 5.02. The molecule has 5 heteroatoms. The third-order valence-corrected chi connectivity index (χ3v) is 2.13. The maximum atomic E-state index is 9.23. The number of rotatable bonds is 1. The second-order valence-corrected chi connectivity index (χ2v) is 3.03. The standard InChI is InChI=1S/C7H14O5/c1-3-5(9)7(11)6(10)4(2-8)12-3/h3-11H,2H2,1H3/t3-,4?,5+,6-,7?/m0/s1. The van der Waals surface area contributed by atoms with E-state index in [0.717, 1.165) is 0 Å². The van der Waals surface area contributed by atoms with Crippen LogP contribution in [0.5, 0.6) is 0 Å². The van der Waals surface area contributed by atoms with Crippen molar-refractivity contribution < 1.29 is 25.2 Å². The minimum Gasteiger partial charge on any atom is -0.394 e. The van der Waals surface area contributed by atoms with Crippen LogP contribution >= 0.6 is 0 Å². The molecule has 0 amide bonds. The number of hydrogen-bond donors (Lipinski definition) is 4. The molecule has 1 aliphatic rings. The van der Waals surface area contributed by atoms with Crippen LogP contribution in [0.15, 0.2) is 0 Å². The smallest absolute Gasteiger partial charge is 0.111 e. The fraction of sp³-hybridized carbons (Fsp3) is 1.00. The van der Waals surface area contributed by atoms with Crippen LogP contribution < -0.4 is 0 Å². The van der Waals surface area contributed by atoms with Crippen LogP contribution in [0, 0.1) is 0 Å². The van der Waals surface area contributed by atoms with E-state index >= 15 is 0 Å². The van der Waals surface area contributed by atoms with Crippen LogP contribution in [0.25, 0.3) is 0 Å². The number of hydrogen-bond acceptors (Lipinski definition) is 5. The molecule has 5 atom stereocenters. The van der Waals surface area contributed by atoms with Gasteiger partial charge in [-0.25, -0.2) is 0 Å². The van der Waals surface area contributed by atoms with Crippen molar-refractivity contribution in [3.8, 4) is 0 Å². The fourth-order valence-electron chi connectivity index (χ4n) is 1.29. The van der Waals surface area contributed by atoms with Gasteiger partial charge in [-0.1, -0.05) is 0 Å². The normalized spacial score (nSPS) is 49.2. The molecule has 72 valence electrons. The van der Waals surface area contributed by atoms with Gasteiger partial charge >= 0.3 is 0 Å². The number of ether oxygens (including phenoxy) is 1. The summed E-state index contributed by atoms with van der Waals surface area (Å²) in [6.07, 6.45) is -4.94. The molecule has 2 unspecified atom stereocenters. The average Bonchev–Trinajstić information content (AvgIpc) is 2.08. The van der Waals surface area contributed by atoms with E-state index in [1.807, 2.05) is 0 Å². The molecule has 1 aliphatic heterocycles. The van der Waals surface area contributed by atoms with Gasteiger partial charge in [0, 0.05) is 0 Å². The third kappa shape index (κ3) is 1.60. The molecule has 1 fully saturated rings. The molecule has 0 aromatic carbocycles. The third-order valence-electron chi connectivity index (χ3n) is 2.13. The van der Waals surface area contributed by atoms with Crippen LogP contribution in [0.3, 0.4) is 0 Å². The highest BCUT2D eigenvalue weighted by Crippen LogP contribution is 2.20. The van der Waals surface area contributed by atoms with Crippen LogP contribution in [-0.2, 0) is 4.74 Å². The van der Waals surface area contributed by atoms with Crippen molar-refractivity contribution in [2.45, 2.75) is 37.4 Å². The zero-order valence-electron chi connectivity index (χ0n) is 6.79. The highest BCUT2D eigenvalue weighted by atomic mass is 16.5. The Morgan fingerprint density at radius 2 is 1.67 bits per heavy atom. The Kier molecular flexibility index (Phi) is 3.03. The Morgan fingerprint density at radius 3 is 2.17 bits per heavy atom. The summed E-state index contributed by atoms with van der Waals surface area (Å²) >= 11 is 0. The lowest BCUT2D eigenvalue weighted by Crippen LogP contribution is -2.57. The van der Waals surface area contributed by atoms with Gasteiger partial charge in [-0.3, -0.25) is 0 Å². The molecule has 0 aromatic heterocycles. The van der Waals surface area contributed by atoms with E-state index in [4.69, 9.17) is 9.84 Å². The van der Waals surface area contributed by atoms with Crippen molar-refractivity contribution in [2.75, 3.05) is 6.61 Å². The van der Waals surface area contributed by atoms with E-state index in [1.54, 1.807) is 6.92 Å². The van der Waals surface area contributed by atoms with Crippen molar-refractivity contribution in [2.24, 2.45) is 0 Å². The molecule has 5 nitrogen and oxygen atoms in total. The first-order valence-corrected chi connectivity index (χ1v) is 3.88. The van der Waals surface area contributed by atoms with Gasteiger partial charge in [-0.15, -0.1) is 0 Å². The van der Waals surface area contributed by atoms with E-state index in [-0.39, 0.29) is 6.61 Å². The van der Waals surface area contributed by atoms with Crippen molar-refractivity contribution in [1.82, 2.24) is 0 Å². The molecule has 4 N–H and O–H groups in total. The molecule has 0 aliphatic carbocycles. The highest BCUT2D eigenvalue weighted by Gasteiger charge is 2.41. The summed E-state index contributed by atoms with van der Waals surface area (Å²) in [4.78, 5) is 0. The quantitative estimate of drug-likeness (QED) is 0.367. The second kappa shape index (κ2) is 3.68. The molecular weight excluding hydrogens is 164 g/mol. The molecule has 1 rings (SSSR count). The van der Waals surface area contributed by atoms with Crippen LogP contribution in [-0.4, -0.2) is 57.6 Å². The SMILES string of the molecule is C[C@@H]1OC(CO)[C@H](O)C(O)[C@@H]1O. The minimum absolute atomic E-state index is 0.366. The first-order valence-electron chi connectivity index (χ1n) is 3.88. The zero-order valence-corrected chi connectivity index (χ0v) is 6.79. The molecule has 0 spiro atoms. The summed E-state index contributed by atoms with van der Waals surface area (Å²) in [7, 11) is 0. The molecular formula is C7H14O5. The fourth-order valence-corrected chi connectivity index (χ4v) is 1.29. The van der Waals surface area contributed by atoms with Crippen molar-refractivity contribution >= 4 is 0 Å². The van der Waals surface area contributed by atoms with Crippen molar-refractivity contribution in [1.29, 1.82) is 0 Å². The molecule has 0 bridgehead atoms. The van der Waals surface area contributed by atoms with Crippen LogP contribution in [0.1, 0.15) is 6.92 Å². The van der Waals surface area contributed by atoms with E-state index in [0.29, 0.717) is 0 Å². The number of aliphatic hydroxyl groups is 4. The predicted molar refractivity (Wildman–Crippen MR) is 39.4 cm³/mol. The largest absolute Gasteiger partial charge is 0.394 e. The predicted octanol–water partition coefficient (Wildman–Crippen LogP) is -2.15. The van der Waals surface area contributed by atoms with Crippen LogP contribution in [0.2, 0.25) is 0 Å². The van der Waals surface area contributed by atoms with Crippen molar-refractivity contribution in [3.05, 3.63) is 0 Å². The lowest BCUT2D eigenvalue weighted by Gasteiger charge is -2.38. The monoisotopic (exact) mass is 178 g/mol. The summed E-state index contributed by atoms with van der Waals surface area (Å²) in [5.74, 6) is 0. The van der Waals surface area contributed by atoms with Gasteiger partial charge in [0.1, 0.15) is 24.4 Å². The molecule has 12 heavy (non-hydrogen) atoms. The lowest BCUT2D eigenvalue weighted by molar-refractivity contribution is -0.224. The summed E-state index contributed by atoms with van der Waals surface area (Å²) in [6, 6.07) is 0. The van der Waals surface area contributed by atoms with E-state index in [9.17, 15) is 15.3 Å². The Balaban J connectivity index is 2.63. The van der Waals surface area contributed by atoms with Gasteiger partial charge in [0.2, 0.25) is 0 Å². The average molecular weight is 178 g/mol. The van der Waals surface area contributed by atoms with E-state index in [2.05, 4.69) is 0 Å². The van der Waals surface area contributed by atoms with Gasteiger partial charge in [0.05, 0.1) is 12.7 Å². The molecule has 1 saturated heterocycles. The Morgan fingerprint density at radius 1 is 1.08 bits per heavy atom. The Bertz CT molecular complexity index is 146. The minimum atomic E-state index is -1.24.